The SMILES string of the molecule is CC(C)Nc1cc(-c2ccc3cc(C#N)cnn23)ncc1-c1nnc(N2CC3CCC(C2)N3CC2CCN(c3ccccn3)CC2)s1.O=C1CCCC(=O)N1. The highest BCUT2D eigenvalue weighted by Gasteiger charge is 2.42. The largest absolute Gasteiger partial charge is 0.382 e. The van der Waals surface area contributed by atoms with Gasteiger partial charge in [0.15, 0.2) is 5.01 Å². The van der Waals surface area contributed by atoms with E-state index in [4.69, 9.17) is 10.1 Å². The maximum Gasteiger partial charge on any atom is 0.226 e. The van der Waals surface area contributed by atoms with Crippen molar-refractivity contribution >= 4 is 45.3 Å². The Morgan fingerprint density at radius 2 is 1.73 bits per heavy atom. The minimum Gasteiger partial charge on any atom is -0.382 e. The van der Waals surface area contributed by atoms with E-state index in [2.05, 4.69) is 78.6 Å². The molecule has 55 heavy (non-hydrogen) atoms. The summed E-state index contributed by atoms with van der Waals surface area (Å²) in [6, 6.07) is 17.6. The number of imide groups is 1. The minimum atomic E-state index is -0.138. The third-order valence-electron chi connectivity index (χ3n) is 10.9. The second kappa shape index (κ2) is 16.1. The molecule has 0 aromatic carbocycles. The van der Waals surface area contributed by atoms with Gasteiger partial charge in [0.25, 0.3) is 0 Å². The molecule has 0 saturated carbocycles. The first-order chi connectivity index (χ1) is 26.8. The Bertz CT molecular complexity index is 2160. The molecule has 5 aromatic rings. The number of pyridine rings is 2. The summed E-state index contributed by atoms with van der Waals surface area (Å²) in [5.41, 5.74) is 4.98. The predicted molar refractivity (Wildman–Crippen MR) is 213 cm³/mol. The van der Waals surface area contributed by atoms with Crippen LogP contribution in [0.4, 0.5) is 16.6 Å². The predicted octanol–water partition coefficient (Wildman–Crippen LogP) is 5.38. The number of nitrogens with zero attached hydrogens (tertiary/aromatic N) is 10. The van der Waals surface area contributed by atoms with Crippen LogP contribution in [0.5, 0.6) is 0 Å². The van der Waals surface area contributed by atoms with Crippen LogP contribution >= 0.6 is 11.3 Å². The molecule has 0 aliphatic carbocycles. The third kappa shape index (κ3) is 8.16. The molecule has 0 spiro atoms. The summed E-state index contributed by atoms with van der Waals surface area (Å²) in [7, 11) is 0. The molecule has 15 heteroatoms. The number of amides is 2. The standard InChI is InChI=1S/C35H39N11S.C5H7NO2/c1-23(2)40-30-16-31(32-9-8-26-15-25(17-36)18-39-46(26)32)38-19-29(30)34-41-42-35(47-34)44-21-27-6-7-28(22-44)45(27)20-24-10-13-43(14-11-24)33-5-3-4-12-37-33;7-4-2-1-3-5(8)6-4/h3-5,8-9,12,15-16,18-19,23-24,27-28H,6-7,10-11,13-14,20-22H2,1-2H3,(H,38,40);1-3H2,(H,6,7,8). The summed E-state index contributed by atoms with van der Waals surface area (Å²) >= 11 is 1.66. The Morgan fingerprint density at radius 3 is 2.40 bits per heavy atom. The second-order valence-electron chi connectivity index (χ2n) is 15.1. The van der Waals surface area contributed by atoms with E-state index < -0.39 is 0 Å². The quantitative estimate of drug-likeness (QED) is 0.195. The fourth-order valence-electron chi connectivity index (χ4n) is 8.22. The smallest absolute Gasteiger partial charge is 0.226 e. The van der Waals surface area contributed by atoms with E-state index in [0.29, 0.717) is 36.9 Å². The van der Waals surface area contributed by atoms with Crippen molar-refractivity contribution in [1.82, 2.24) is 40.0 Å². The van der Waals surface area contributed by atoms with Crippen LogP contribution in [0.2, 0.25) is 0 Å². The average Bonchev–Trinajstić information content (AvgIpc) is 3.91. The molecule has 4 saturated heterocycles. The van der Waals surface area contributed by atoms with Gasteiger partial charge in [-0.3, -0.25) is 24.8 Å². The molecule has 2 N–H and O–H groups in total. The Labute approximate surface area is 324 Å². The highest BCUT2D eigenvalue weighted by molar-refractivity contribution is 7.18. The van der Waals surface area contributed by atoms with Gasteiger partial charge in [-0.15, -0.1) is 10.2 Å². The number of anilines is 3. The Balaban J connectivity index is 0.000000477. The number of hydrogen-bond acceptors (Lipinski definition) is 13. The van der Waals surface area contributed by atoms with Gasteiger partial charge in [0.2, 0.25) is 16.9 Å². The summed E-state index contributed by atoms with van der Waals surface area (Å²) < 4.78 is 1.82. The first kappa shape index (κ1) is 36.5. The lowest BCUT2D eigenvalue weighted by Gasteiger charge is -2.43. The first-order valence-corrected chi connectivity index (χ1v) is 20.1. The number of nitriles is 1. The molecule has 14 nitrogen and oxygen atoms in total. The summed E-state index contributed by atoms with van der Waals surface area (Å²) in [4.78, 5) is 37.8. The normalized spacial score (nSPS) is 20.3. The lowest BCUT2D eigenvalue weighted by molar-refractivity contribution is -0.132. The zero-order valence-electron chi connectivity index (χ0n) is 31.3. The molecular weight excluding hydrogens is 713 g/mol. The van der Waals surface area contributed by atoms with E-state index in [0.717, 1.165) is 76.2 Å². The number of aromatic nitrogens is 6. The van der Waals surface area contributed by atoms with Gasteiger partial charge in [0, 0.05) is 81.8 Å². The molecule has 4 aliphatic rings. The van der Waals surface area contributed by atoms with E-state index in [1.165, 1.54) is 32.2 Å². The average molecular weight is 759 g/mol. The number of nitrogens with one attached hydrogen (secondary N) is 2. The lowest BCUT2D eigenvalue weighted by Crippen LogP contribution is -2.55. The highest BCUT2D eigenvalue weighted by Crippen LogP contribution is 2.39. The monoisotopic (exact) mass is 758 g/mol. The fourth-order valence-corrected chi connectivity index (χ4v) is 9.11. The first-order valence-electron chi connectivity index (χ1n) is 19.3. The lowest BCUT2D eigenvalue weighted by atomic mass is 9.95. The Morgan fingerprint density at radius 1 is 0.945 bits per heavy atom. The van der Waals surface area contributed by atoms with Crippen LogP contribution in [0.25, 0.3) is 27.5 Å². The van der Waals surface area contributed by atoms with Crippen molar-refractivity contribution in [2.75, 3.05) is 47.8 Å². The maximum absolute atomic E-state index is 10.3. The van der Waals surface area contributed by atoms with Gasteiger partial charge in [0.1, 0.15) is 11.9 Å². The van der Waals surface area contributed by atoms with Crippen molar-refractivity contribution in [1.29, 1.82) is 5.26 Å². The number of carbonyl (C=O) groups excluding carboxylic acids is 2. The molecule has 2 amide bonds. The van der Waals surface area contributed by atoms with Crippen molar-refractivity contribution in [3.05, 3.63) is 66.6 Å². The number of fused-ring (bicyclic) bond motifs is 3. The Hall–Kier alpha value is -5.46. The highest BCUT2D eigenvalue weighted by atomic mass is 32.1. The van der Waals surface area contributed by atoms with Crippen LogP contribution in [0.1, 0.15) is 64.4 Å². The number of hydrogen-bond donors (Lipinski definition) is 2. The zero-order chi connectivity index (χ0) is 37.9. The van der Waals surface area contributed by atoms with E-state index in [-0.39, 0.29) is 17.9 Å². The van der Waals surface area contributed by atoms with Crippen LogP contribution in [-0.2, 0) is 9.59 Å². The number of piperidine rings is 2. The molecule has 4 fully saturated rings. The summed E-state index contributed by atoms with van der Waals surface area (Å²) in [6.07, 6.45) is 12.1. The van der Waals surface area contributed by atoms with E-state index >= 15 is 0 Å². The van der Waals surface area contributed by atoms with Crippen LogP contribution in [0, 0.1) is 17.2 Å². The molecule has 2 atom stereocenters. The van der Waals surface area contributed by atoms with Gasteiger partial charge in [0.05, 0.1) is 34.2 Å². The van der Waals surface area contributed by atoms with Crippen LogP contribution in [0.3, 0.4) is 0 Å². The van der Waals surface area contributed by atoms with E-state index in [9.17, 15) is 14.9 Å². The number of piperazine rings is 1. The molecule has 2 unspecified atom stereocenters. The molecule has 4 aliphatic heterocycles. The van der Waals surface area contributed by atoms with Gasteiger partial charge >= 0.3 is 0 Å². The van der Waals surface area contributed by atoms with Gasteiger partial charge in [-0.2, -0.15) is 10.4 Å². The summed E-state index contributed by atoms with van der Waals surface area (Å²) in [6.45, 7) is 9.67. The third-order valence-corrected chi connectivity index (χ3v) is 11.9. The fraction of sp³-hybridized carbons (Fsp3) is 0.450. The van der Waals surface area contributed by atoms with Gasteiger partial charge in [-0.05, 0) is 88.3 Å². The second-order valence-corrected chi connectivity index (χ2v) is 16.1. The van der Waals surface area contributed by atoms with Gasteiger partial charge < -0.3 is 15.1 Å². The molecule has 9 rings (SSSR count). The molecule has 5 aromatic heterocycles. The molecule has 9 heterocycles. The zero-order valence-corrected chi connectivity index (χ0v) is 32.1. The maximum atomic E-state index is 10.3. The molecule has 2 bridgehead atoms. The molecule has 0 radical (unpaired) electrons. The van der Waals surface area contributed by atoms with Gasteiger partial charge in [-0.1, -0.05) is 17.4 Å². The van der Waals surface area contributed by atoms with Crippen LogP contribution in [0.15, 0.2) is 61.1 Å². The van der Waals surface area contributed by atoms with Crippen molar-refractivity contribution in [2.24, 2.45) is 5.92 Å². The van der Waals surface area contributed by atoms with Crippen molar-refractivity contribution in [2.45, 2.75) is 76.9 Å². The van der Waals surface area contributed by atoms with E-state index in [1.807, 2.05) is 41.2 Å². The van der Waals surface area contributed by atoms with Crippen molar-refractivity contribution in [3.63, 3.8) is 0 Å². The van der Waals surface area contributed by atoms with Crippen LogP contribution in [-0.4, -0.2) is 97.3 Å². The summed E-state index contributed by atoms with van der Waals surface area (Å²) in [5, 5.41) is 30.8. The Kier molecular flexibility index (Phi) is 10.7. The van der Waals surface area contributed by atoms with E-state index in [1.54, 1.807) is 17.5 Å². The number of rotatable bonds is 8. The minimum absolute atomic E-state index is 0.138. The molecular formula is C40H46N12O2S. The van der Waals surface area contributed by atoms with Crippen molar-refractivity contribution < 1.29 is 9.59 Å². The topological polar surface area (TPSA) is 161 Å². The molecule has 284 valence electrons. The number of carbonyl (C=O) groups is 2. The van der Waals surface area contributed by atoms with Crippen LogP contribution < -0.4 is 20.4 Å². The summed E-state index contributed by atoms with van der Waals surface area (Å²) in [5.74, 6) is 1.58. The van der Waals surface area contributed by atoms with Crippen molar-refractivity contribution in [3.8, 4) is 28.0 Å². The van der Waals surface area contributed by atoms with Gasteiger partial charge in [-0.25, -0.2) is 9.50 Å².